The topological polar surface area (TPSA) is 30.0 Å². The summed E-state index contributed by atoms with van der Waals surface area (Å²) >= 11 is 5.99. The molecule has 2 rings (SSSR count). The Kier molecular flexibility index (Phi) is 3.64. The molecule has 0 aliphatic heterocycles. The minimum absolute atomic E-state index is 0.00511. The fourth-order valence-corrected chi connectivity index (χ4v) is 2.69. The molecule has 0 fully saturated rings. The summed E-state index contributed by atoms with van der Waals surface area (Å²) in [6, 6.07) is 7.53. The number of rotatable bonds is 3. The smallest absolute Gasteiger partial charge is 0.145 e. The van der Waals surface area contributed by atoms with Gasteiger partial charge in [0.25, 0.3) is 0 Å². The predicted molar refractivity (Wildman–Crippen MR) is 79.6 cm³/mol. The number of benzene rings is 1. The van der Waals surface area contributed by atoms with Gasteiger partial charge in [-0.1, -0.05) is 31.5 Å². The van der Waals surface area contributed by atoms with Crippen molar-refractivity contribution < 1.29 is 4.79 Å². The Morgan fingerprint density at radius 1 is 1.26 bits per heavy atom. The lowest BCUT2D eigenvalue weighted by Crippen LogP contribution is -2.32. The van der Waals surface area contributed by atoms with Gasteiger partial charge in [0, 0.05) is 27.9 Å². The molecule has 0 radical (unpaired) electrons. The van der Waals surface area contributed by atoms with E-state index in [0.29, 0.717) is 5.02 Å². The number of ketones is 1. The van der Waals surface area contributed by atoms with Gasteiger partial charge in [0.05, 0.1) is 5.52 Å². The minimum atomic E-state index is -0.525. The van der Waals surface area contributed by atoms with Crippen molar-refractivity contribution in [2.24, 2.45) is 5.92 Å². The highest BCUT2D eigenvalue weighted by atomic mass is 35.5. The molecule has 0 unspecified atom stereocenters. The van der Waals surface area contributed by atoms with Crippen LogP contribution in [-0.2, 0) is 10.2 Å². The molecule has 0 spiro atoms. The highest BCUT2D eigenvalue weighted by Gasteiger charge is 2.32. The average molecular weight is 276 g/mol. The summed E-state index contributed by atoms with van der Waals surface area (Å²) in [6.07, 6.45) is 1.74. The van der Waals surface area contributed by atoms with E-state index in [1.54, 1.807) is 6.20 Å². The second-order valence-electron chi connectivity index (χ2n) is 5.66. The van der Waals surface area contributed by atoms with E-state index < -0.39 is 5.41 Å². The van der Waals surface area contributed by atoms with Crippen LogP contribution in [0.15, 0.2) is 30.5 Å². The van der Waals surface area contributed by atoms with Crippen LogP contribution in [0, 0.1) is 5.92 Å². The first-order valence-corrected chi connectivity index (χ1v) is 6.81. The molecule has 0 atom stereocenters. The molecule has 3 heteroatoms. The van der Waals surface area contributed by atoms with Crippen LogP contribution in [0.25, 0.3) is 10.9 Å². The van der Waals surface area contributed by atoms with E-state index in [0.717, 1.165) is 16.5 Å². The Bertz CT molecular complexity index is 632. The second kappa shape index (κ2) is 4.93. The van der Waals surface area contributed by atoms with Crippen molar-refractivity contribution >= 4 is 28.3 Å². The Hall–Kier alpha value is -1.41. The number of carbonyl (C=O) groups excluding carboxylic acids is 1. The zero-order chi connectivity index (χ0) is 14.2. The van der Waals surface area contributed by atoms with E-state index >= 15 is 0 Å². The van der Waals surface area contributed by atoms with Gasteiger partial charge in [-0.3, -0.25) is 9.78 Å². The molecule has 1 heterocycles. The Morgan fingerprint density at radius 2 is 1.95 bits per heavy atom. The number of carbonyl (C=O) groups is 1. The van der Waals surface area contributed by atoms with Gasteiger partial charge in [0.1, 0.15) is 5.78 Å². The third-order valence-corrected chi connectivity index (χ3v) is 3.75. The number of pyridine rings is 1. The molecule has 0 aliphatic rings. The first-order chi connectivity index (χ1) is 8.84. The first kappa shape index (κ1) is 14.0. The summed E-state index contributed by atoms with van der Waals surface area (Å²) in [7, 11) is 0. The lowest BCUT2D eigenvalue weighted by molar-refractivity contribution is -0.126. The number of nitrogens with zero attached hydrogens (tertiary/aromatic N) is 1. The van der Waals surface area contributed by atoms with Crippen molar-refractivity contribution in [2.45, 2.75) is 33.1 Å². The molecule has 0 saturated heterocycles. The molecule has 0 amide bonds. The van der Waals surface area contributed by atoms with Gasteiger partial charge in [-0.2, -0.15) is 0 Å². The van der Waals surface area contributed by atoms with Crippen LogP contribution in [0.4, 0.5) is 0 Å². The molecule has 19 heavy (non-hydrogen) atoms. The van der Waals surface area contributed by atoms with Crippen LogP contribution in [-0.4, -0.2) is 10.8 Å². The van der Waals surface area contributed by atoms with Gasteiger partial charge < -0.3 is 0 Å². The number of hydrogen-bond acceptors (Lipinski definition) is 2. The molecular weight excluding hydrogens is 258 g/mol. The SMILES string of the molecule is CC(C)C(=O)C(C)(C)c1ccnc2cc(Cl)ccc12. The standard InChI is InChI=1S/C16H18ClNO/c1-10(2)15(19)16(3,4)13-7-8-18-14-9-11(17)5-6-12(13)14/h5-10H,1-4H3. The summed E-state index contributed by atoms with van der Waals surface area (Å²) in [6.45, 7) is 7.81. The highest BCUT2D eigenvalue weighted by molar-refractivity contribution is 6.31. The number of hydrogen-bond donors (Lipinski definition) is 0. The molecule has 2 nitrogen and oxygen atoms in total. The molecule has 2 aromatic rings. The quantitative estimate of drug-likeness (QED) is 0.831. The molecular formula is C16H18ClNO. The van der Waals surface area contributed by atoms with E-state index in [2.05, 4.69) is 4.98 Å². The van der Waals surface area contributed by atoms with Crippen molar-refractivity contribution in [3.8, 4) is 0 Å². The zero-order valence-corrected chi connectivity index (χ0v) is 12.5. The maximum Gasteiger partial charge on any atom is 0.145 e. The van der Waals surface area contributed by atoms with Crippen molar-refractivity contribution in [2.75, 3.05) is 0 Å². The minimum Gasteiger partial charge on any atom is -0.298 e. The summed E-state index contributed by atoms with van der Waals surface area (Å²) in [5, 5.41) is 1.65. The van der Waals surface area contributed by atoms with Crippen LogP contribution in [0.3, 0.4) is 0 Å². The van der Waals surface area contributed by atoms with Gasteiger partial charge in [0.2, 0.25) is 0 Å². The third kappa shape index (κ3) is 2.50. The van der Waals surface area contributed by atoms with Crippen molar-refractivity contribution in [1.82, 2.24) is 4.98 Å². The number of Topliss-reactive ketones (excluding diaryl/α,β-unsaturated/α-hetero) is 1. The van der Waals surface area contributed by atoms with Crippen LogP contribution in [0.5, 0.6) is 0 Å². The Morgan fingerprint density at radius 3 is 2.58 bits per heavy atom. The van der Waals surface area contributed by atoms with Gasteiger partial charge in [-0.15, -0.1) is 0 Å². The van der Waals surface area contributed by atoms with Crippen LogP contribution in [0.1, 0.15) is 33.3 Å². The number of aromatic nitrogens is 1. The van der Waals surface area contributed by atoms with E-state index in [1.165, 1.54) is 0 Å². The molecule has 0 N–H and O–H groups in total. The van der Waals surface area contributed by atoms with Gasteiger partial charge in [0.15, 0.2) is 0 Å². The van der Waals surface area contributed by atoms with Gasteiger partial charge >= 0.3 is 0 Å². The molecule has 0 aliphatic carbocycles. The first-order valence-electron chi connectivity index (χ1n) is 6.43. The number of fused-ring (bicyclic) bond motifs is 1. The molecule has 1 aromatic heterocycles. The highest BCUT2D eigenvalue weighted by Crippen LogP contribution is 2.33. The summed E-state index contributed by atoms with van der Waals surface area (Å²) in [4.78, 5) is 16.8. The number of halogens is 1. The van der Waals surface area contributed by atoms with Gasteiger partial charge in [-0.05, 0) is 37.6 Å². The van der Waals surface area contributed by atoms with Crippen LogP contribution >= 0.6 is 11.6 Å². The summed E-state index contributed by atoms with van der Waals surface area (Å²) < 4.78 is 0. The Balaban J connectivity index is 2.66. The Labute approximate surface area is 118 Å². The largest absolute Gasteiger partial charge is 0.298 e. The van der Waals surface area contributed by atoms with E-state index in [9.17, 15) is 4.79 Å². The lowest BCUT2D eigenvalue weighted by atomic mass is 9.75. The fraction of sp³-hybridized carbons (Fsp3) is 0.375. The summed E-state index contributed by atoms with van der Waals surface area (Å²) in [5.41, 5.74) is 1.31. The average Bonchev–Trinajstić information content (AvgIpc) is 2.36. The fourth-order valence-electron chi connectivity index (χ4n) is 2.52. The normalized spacial score (nSPS) is 12.1. The maximum atomic E-state index is 12.4. The van der Waals surface area contributed by atoms with E-state index in [1.807, 2.05) is 52.0 Å². The third-order valence-electron chi connectivity index (χ3n) is 3.52. The van der Waals surface area contributed by atoms with Crippen LogP contribution < -0.4 is 0 Å². The van der Waals surface area contributed by atoms with Crippen LogP contribution in [0.2, 0.25) is 5.02 Å². The summed E-state index contributed by atoms with van der Waals surface area (Å²) in [5.74, 6) is 0.237. The van der Waals surface area contributed by atoms with Gasteiger partial charge in [-0.25, -0.2) is 0 Å². The lowest BCUT2D eigenvalue weighted by Gasteiger charge is -2.27. The molecule has 0 saturated carbocycles. The van der Waals surface area contributed by atoms with E-state index in [4.69, 9.17) is 11.6 Å². The van der Waals surface area contributed by atoms with Crippen molar-refractivity contribution in [1.29, 1.82) is 0 Å². The van der Waals surface area contributed by atoms with Crippen molar-refractivity contribution in [3.05, 3.63) is 41.0 Å². The zero-order valence-electron chi connectivity index (χ0n) is 11.7. The molecule has 1 aromatic carbocycles. The predicted octanol–water partition coefficient (Wildman–Crippen LogP) is 4.39. The maximum absolute atomic E-state index is 12.4. The monoisotopic (exact) mass is 275 g/mol. The molecule has 100 valence electrons. The molecule has 0 bridgehead atoms. The second-order valence-corrected chi connectivity index (χ2v) is 6.10. The van der Waals surface area contributed by atoms with E-state index in [-0.39, 0.29) is 11.7 Å². The van der Waals surface area contributed by atoms with Crippen molar-refractivity contribution in [3.63, 3.8) is 0 Å².